The van der Waals surface area contributed by atoms with E-state index in [0.717, 1.165) is 8.47 Å². The van der Waals surface area contributed by atoms with Crippen LogP contribution in [-0.4, -0.2) is 33.5 Å². The molecule has 0 bridgehead atoms. The number of carbonyl (C=O) groups excluding carboxylic acids is 2. The van der Waals surface area contributed by atoms with E-state index in [1.165, 1.54) is 12.1 Å². The highest BCUT2D eigenvalue weighted by atomic mass is 127. The summed E-state index contributed by atoms with van der Waals surface area (Å²) in [6.45, 7) is 3.70. The van der Waals surface area contributed by atoms with Crippen LogP contribution in [0.4, 0.5) is 5.69 Å². The lowest BCUT2D eigenvalue weighted by molar-refractivity contribution is -0.149. The lowest BCUT2D eigenvalue weighted by Crippen LogP contribution is -2.56. The van der Waals surface area contributed by atoms with Crippen LogP contribution in [-0.2, 0) is 14.4 Å². The number of aromatic hydroxyl groups is 1. The van der Waals surface area contributed by atoms with Crippen molar-refractivity contribution >= 4 is 69.3 Å². The van der Waals surface area contributed by atoms with Gasteiger partial charge in [-0.15, -0.1) is 0 Å². The van der Waals surface area contributed by atoms with Gasteiger partial charge in [-0.25, -0.2) is 4.90 Å². The van der Waals surface area contributed by atoms with Crippen LogP contribution in [0.5, 0.6) is 5.75 Å². The highest BCUT2D eigenvalue weighted by Gasteiger charge is 2.69. The molecule has 3 N–H and O–H groups in total. The number of carboxylic acids is 1. The summed E-state index contributed by atoms with van der Waals surface area (Å²) >= 11 is 14.4. The van der Waals surface area contributed by atoms with Crippen LogP contribution in [0.2, 0.25) is 10.0 Å². The molecule has 2 heterocycles. The number of benzene rings is 2. The van der Waals surface area contributed by atoms with Gasteiger partial charge in [0.2, 0.25) is 11.8 Å². The lowest BCUT2D eigenvalue weighted by Gasteiger charge is -2.32. The van der Waals surface area contributed by atoms with E-state index in [1.54, 1.807) is 24.3 Å². The number of phenols is 1. The molecule has 2 aromatic carbocycles. The second kappa shape index (κ2) is 8.72. The minimum atomic E-state index is -1.71. The van der Waals surface area contributed by atoms with Crippen molar-refractivity contribution in [1.29, 1.82) is 0 Å². The van der Waals surface area contributed by atoms with Crippen molar-refractivity contribution in [2.45, 2.75) is 31.8 Å². The highest BCUT2D eigenvalue weighted by Crippen LogP contribution is 2.53. The molecule has 0 aliphatic carbocycles. The number of anilines is 1. The molecule has 0 spiro atoms. The fourth-order valence-corrected chi connectivity index (χ4v) is 5.92. The van der Waals surface area contributed by atoms with Gasteiger partial charge in [0.1, 0.15) is 11.3 Å². The quantitative estimate of drug-likeness (QED) is 0.340. The molecule has 2 aliphatic heterocycles. The second-order valence-electron chi connectivity index (χ2n) is 8.81. The number of amides is 2. The minimum absolute atomic E-state index is 0.0289. The van der Waals surface area contributed by atoms with E-state index in [1.807, 2.05) is 13.8 Å². The molecule has 0 aromatic heterocycles. The van der Waals surface area contributed by atoms with E-state index in [9.17, 15) is 24.6 Å². The molecular weight excluding hydrogens is 582 g/mol. The summed E-state index contributed by atoms with van der Waals surface area (Å²) in [7, 11) is 0. The van der Waals surface area contributed by atoms with Gasteiger partial charge in [0, 0.05) is 20.2 Å². The number of imide groups is 1. The third-order valence-corrected chi connectivity index (χ3v) is 7.47. The number of fused-ring (bicyclic) bond motifs is 1. The first kappa shape index (κ1) is 24.3. The molecule has 2 fully saturated rings. The monoisotopic (exact) mass is 602 g/mol. The van der Waals surface area contributed by atoms with Gasteiger partial charge in [0.25, 0.3) is 0 Å². The van der Waals surface area contributed by atoms with E-state index in [0.29, 0.717) is 5.69 Å². The van der Waals surface area contributed by atoms with Crippen molar-refractivity contribution in [2.24, 2.45) is 17.8 Å². The zero-order valence-corrected chi connectivity index (χ0v) is 21.4. The predicted molar refractivity (Wildman–Crippen MR) is 132 cm³/mol. The van der Waals surface area contributed by atoms with E-state index < -0.39 is 41.2 Å². The number of hydrogen-bond acceptors (Lipinski definition) is 5. The molecule has 0 saturated carbocycles. The highest BCUT2D eigenvalue weighted by molar-refractivity contribution is 14.1. The van der Waals surface area contributed by atoms with Crippen LogP contribution in [0.3, 0.4) is 0 Å². The summed E-state index contributed by atoms with van der Waals surface area (Å²) in [6.07, 6.45) is 0.106. The van der Waals surface area contributed by atoms with E-state index in [-0.39, 0.29) is 33.7 Å². The van der Waals surface area contributed by atoms with Crippen LogP contribution < -0.4 is 10.2 Å². The van der Waals surface area contributed by atoms with Crippen LogP contribution in [0.1, 0.15) is 31.9 Å². The van der Waals surface area contributed by atoms with Gasteiger partial charge < -0.3 is 10.2 Å². The van der Waals surface area contributed by atoms with Crippen molar-refractivity contribution in [3.63, 3.8) is 0 Å². The standard InChI is InChI=1S/C23H21Cl2IN2O5/c1-10(2)9-23(22(32)33)17-16(18(27-23)14-7-11(24)8-15(25)19(14)29)20(30)28(21(17)31)13-5-3-12(26)4-6-13/h3-8,10,16-18,27,29H,9H2,1-2H3,(H,32,33)/t16-,17-,18-,23+/m0/s1. The first-order valence-corrected chi connectivity index (χ1v) is 12.1. The predicted octanol–water partition coefficient (Wildman–Crippen LogP) is 4.62. The Kier molecular flexibility index (Phi) is 6.41. The molecule has 2 amide bonds. The molecule has 174 valence electrons. The number of nitrogens with zero attached hydrogens (tertiary/aromatic N) is 1. The topological polar surface area (TPSA) is 107 Å². The Bertz CT molecular complexity index is 1160. The van der Waals surface area contributed by atoms with E-state index >= 15 is 0 Å². The summed E-state index contributed by atoms with van der Waals surface area (Å²) in [5.41, 5.74) is -1.16. The Morgan fingerprint density at radius 2 is 1.82 bits per heavy atom. The number of rotatable bonds is 5. The molecular formula is C23H21Cl2IN2O5. The Labute approximate surface area is 214 Å². The molecule has 4 rings (SSSR count). The molecule has 7 nitrogen and oxygen atoms in total. The molecule has 33 heavy (non-hydrogen) atoms. The molecule has 2 aromatic rings. The van der Waals surface area contributed by atoms with Gasteiger partial charge in [0.15, 0.2) is 0 Å². The summed E-state index contributed by atoms with van der Waals surface area (Å²) < 4.78 is 0.924. The average molecular weight is 603 g/mol. The van der Waals surface area contributed by atoms with Crippen molar-refractivity contribution < 1.29 is 24.6 Å². The number of halogens is 3. The van der Waals surface area contributed by atoms with Crippen LogP contribution in [0.25, 0.3) is 0 Å². The lowest BCUT2D eigenvalue weighted by atomic mass is 9.75. The zero-order chi connectivity index (χ0) is 24.2. The molecule has 2 aliphatic rings. The third-order valence-electron chi connectivity index (χ3n) is 6.24. The van der Waals surface area contributed by atoms with Gasteiger partial charge in [0.05, 0.1) is 22.5 Å². The smallest absolute Gasteiger partial charge is 0.324 e. The Hall–Kier alpha value is -1.88. The molecule has 0 radical (unpaired) electrons. The molecule has 2 saturated heterocycles. The number of carbonyl (C=O) groups is 3. The van der Waals surface area contributed by atoms with Crippen molar-refractivity contribution in [2.75, 3.05) is 4.90 Å². The van der Waals surface area contributed by atoms with Gasteiger partial charge in [-0.2, -0.15) is 0 Å². The molecule has 4 atom stereocenters. The third kappa shape index (κ3) is 3.90. The number of phenolic OH excluding ortho intramolecular Hbond substituents is 1. The number of nitrogens with one attached hydrogen (secondary N) is 1. The van der Waals surface area contributed by atoms with Crippen molar-refractivity contribution in [1.82, 2.24) is 5.32 Å². The Balaban J connectivity index is 1.91. The summed E-state index contributed by atoms with van der Waals surface area (Å²) in [6, 6.07) is 8.65. The SMILES string of the molecule is CC(C)C[C@@]1(C(=O)O)N[C@@H](c2cc(Cl)cc(Cl)c2O)[C@H]2C(=O)N(c3ccc(I)cc3)C(=O)[C@H]21. The van der Waals surface area contributed by atoms with Crippen molar-refractivity contribution in [3.8, 4) is 5.75 Å². The van der Waals surface area contributed by atoms with Crippen LogP contribution >= 0.6 is 45.8 Å². The fraction of sp³-hybridized carbons (Fsp3) is 0.348. The van der Waals surface area contributed by atoms with Gasteiger partial charge >= 0.3 is 5.97 Å². The zero-order valence-electron chi connectivity index (χ0n) is 17.7. The summed E-state index contributed by atoms with van der Waals surface area (Å²) in [5.74, 6) is -5.00. The maximum absolute atomic E-state index is 13.7. The van der Waals surface area contributed by atoms with Crippen LogP contribution in [0, 0.1) is 21.3 Å². The molecule has 10 heteroatoms. The first-order chi connectivity index (χ1) is 15.5. The number of aliphatic carboxylic acids is 1. The largest absolute Gasteiger partial charge is 0.506 e. The normalized spacial score (nSPS) is 26.8. The number of carboxylic acid groups (broad SMARTS) is 1. The van der Waals surface area contributed by atoms with Gasteiger partial charge in [-0.1, -0.05) is 37.0 Å². The average Bonchev–Trinajstić information content (AvgIpc) is 3.20. The first-order valence-electron chi connectivity index (χ1n) is 10.3. The van der Waals surface area contributed by atoms with Crippen molar-refractivity contribution in [3.05, 3.63) is 55.6 Å². The van der Waals surface area contributed by atoms with E-state index in [2.05, 4.69) is 27.9 Å². The fourth-order valence-electron chi connectivity index (χ4n) is 5.05. The summed E-state index contributed by atoms with van der Waals surface area (Å²) in [4.78, 5) is 41.1. The van der Waals surface area contributed by atoms with Crippen LogP contribution in [0.15, 0.2) is 36.4 Å². The molecule has 0 unspecified atom stereocenters. The Morgan fingerprint density at radius 1 is 1.18 bits per heavy atom. The van der Waals surface area contributed by atoms with Gasteiger partial charge in [-0.3, -0.25) is 19.7 Å². The van der Waals surface area contributed by atoms with E-state index in [4.69, 9.17) is 23.2 Å². The Morgan fingerprint density at radius 3 is 2.39 bits per heavy atom. The minimum Gasteiger partial charge on any atom is -0.506 e. The summed E-state index contributed by atoms with van der Waals surface area (Å²) in [5, 5.41) is 24.2. The number of hydrogen-bond donors (Lipinski definition) is 3. The maximum atomic E-state index is 13.7. The second-order valence-corrected chi connectivity index (χ2v) is 10.9. The van der Waals surface area contributed by atoms with Gasteiger partial charge in [-0.05, 0) is 71.3 Å². The maximum Gasteiger partial charge on any atom is 0.324 e.